The number of aryl methyl sites for hydroxylation is 2. The first kappa shape index (κ1) is 13.6. The molecule has 0 aliphatic rings. The molecule has 2 nitrogen and oxygen atoms in total. The van der Waals surface area contributed by atoms with Gasteiger partial charge in [0.1, 0.15) is 11.6 Å². The lowest BCUT2D eigenvalue weighted by atomic mass is 10.1. The number of halogens is 4. The average Bonchev–Trinajstić information content (AvgIpc) is 2.71. The molecule has 0 radical (unpaired) electrons. The fraction of sp³-hybridized carbons (Fsp3) is 0.308. The van der Waals surface area contributed by atoms with Gasteiger partial charge in [-0.05, 0) is 24.1 Å². The monoisotopic (exact) mass is 272 g/mol. The fourth-order valence-corrected chi connectivity index (χ4v) is 1.81. The van der Waals surface area contributed by atoms with Gasteiger partial charge in [0.05, 0.1) is 5.56 Å². The molecule has 6 heteroatoms. The first-order valence-corrected chi connectivity index (χ1v) is 5.72. The molecule has 102 valence electrons. The van der Waals surface area contributed by atoms with Crippen molar-refractivity contribution in [2.75, 3.05) is 0 Å². The Bertz CT molecular complexity index is 599. The zero-order valence-electron chi connectivity index (χ0n) is 10.4. The van der Waals surface area contributed by atoms with E-state index in [2.05, 4.69) is 4.98 Å². The predicted octanol–water partition coefficient (Wildman–Crippen LogP) is 3.81. The van der Waals surface area contributed by atoms with Crippen LogP contribution in [-0.2, 0) is 19.6 Å². The summed E-state index contributed by atoms with van der Waals surface area (Å²) in [7, 11) is 1.41. The van der Waals surface area contributed by atoms with Crippen LogP contribution in [0.4, 0.5) is 17.6 Å². The SMILES string of the molecule is CCc1ccc(-c2nc(C(F)(F)F)cn2C)c(F)c1. The normalized spacial score (nSPS) is 11.9. The molecule has 0 fully saturated rings. The number of benzene rings is 1. The highest BCUT2D eigenvalue weighted by molar-refractivity contribution is 5.57. The Balaban J connectivity index is 2.51. The van der Waals surface area contributed by atoms with E-state index < -0.39 is 17.7 Å². The lowest BCUT2D eigenvalue weighted by Crippen LogP contribution is -2.05. The van der Waals surface area contributed by atoms with Crippen LogP contribution in [0, 0.1) is 5.82 Å². The summed E-state index contributed by atoms with van der Waals surface area (Å²) >= 11 is 0. The van der Waals surface area contributed by atoms with Gasteiger partial charge < -0.3 is 4.57 Å². The molecule has 0 atom stereocenters. The van der Waals surface area contributed by atoms with Crippen LogP contribution in [-0.4, -0.2) is 9.55 Å². The van der Waals surface area contributed by atoms with Crippen molar-refractivity contribution in [2.24, 2.45) is 7.05 Å². The molecular formula is C13H12F4N2. The maximum absolute atomic E-state index is 13.9. The Kier molecular flexibility index (Phi) is 3.34. The van der Waals surface area contributed by atoms with E-state index in [0.717, 1.165) is 11.8 Å². The molecule has 0 aliphatic heterocycles. The molecule has 0 saturated heterocycles. The van der Waals surface area contributed by atoms with Gasteiger partial charge in [-0.3, -0.25) is 0 Å². The highest BCUT2D eigenvalue weighted by Gasteiger charge is 2.34. The summed E-state index contributed by atoms with van der Waals surface area (Å²) in [5.41, 5.74) is -0.175. The first-order valence-electron chi connectivity index (χ1n) is 5.72. The second-order valence-corrected chi connectivity index (χ2v) is 4.23. The minimum atomic E-state index is -4.53. The summed E-state index contributed by atoms with van der Waals surface area (Å²) in [5, 5.41) is 0. The van der Waals surface area contributed by atoms with E-state index in [9.17, 15) is 17.6 Å². The van der Waals surface area contributed by atoms with Crippen LogP contribution in [0.1, 0.15) is 18.2 Å². The van der Waals surface area contributed by atoms with Crippen molar-refractivity contribution in [3.8, 4) is 11.4 Å². The molecule has 2 rings (SSSR count). The minimum Gasteiger partial charge on any atom is -0.333 e. The maximum Gasteiger partial charge on any atom is 0.434 e. The van der Waals surface area contributed by atoms with Crippen molar-refractivity contribution in [1.29, 1.82) is 0 Å². The zero-order valence-corrected chi connectivity index (χ0v) is 10.4. The van der Waals surface area contributed by atoms with Crippen LogP contribution in [0.2, 0.25) is 0 Å². The van der Waals surface area contributed by atoms with Gasteiger partial charge in [0.15, 0.2) is 5.69 Å². The first-order chi connectivity index (χ1) is 8.82. The lowest BCUT2D eigenvalue weighted by Gasteiger charge is -2.05. The van der Waals surface area contributed by atoms with Crippen LogP contribution >= 0.6 is 0 Å². The number of nitrogens with zero attached hydrogens (tertiary/aromatic N) is 2. The molecule has 1 aromatic heterocycles. The van der Waals surface area contributed by atoms with Crippen LogP contribution in [0.15, 0.2) is 24.4 Å². The average molecular weight is 272 g/mol. The summed E-state index contributed by atoms with van der Waals surface area (Å²) in [5.74, 6) is -0.603. The van der Waals surface area contributed by atoms with Crippen molar-refractivity contribution in [3.63, 3.8) is 0 Å². The molecule has 0 unspecified atom stereocenters. The van der Waals surface area contributed by atoms with E-state index in [-0.39, 0.29) is 11.4 Å². The van der Waals surface area contributed by atoms with E-state index in [0.29, 0.717) is 6.42 Å². The minimum absolute atomic E-state index is 0.0347. The summed E-state index contributed by atoms with van der Waals surface area (Å²) in [6, 6.07) is 4.45. The van der Waals surface area contributed by atoms with E-state index in [1.54, 1.807) is 6.07 Å². The van der Waals surface area contributed by atoms with Crippen molar-refractivity contribution in [2.45, 2.75) is 19.5 Å². The second kappa shape index (κ2) is 4.68. The van der Waals surface area contributed by atoms with E-state index in [1.807, 2.05) is 6.92 Å². The fourth-order valence-electron chi connectivity index (χ4n) is 1.81. The molecule has 0 bridgehead atoms. The van der Waals surface area contributed by atoms with Gasteiger partial charge in [0.25, 0.3) is 0 Å². The summed E-state index contributed by atoms with van der Waals surface area (Å²) < 4.78 is 52.7. The van der Waals surface area contributed by atoms with Crippen LogP contribution < -0.4 is 0 Å². The molecule has 0 N–H and O–H groups in total. The van der Waals surface area contributed by atoms with Crippen molar-refractivity contribution < 1.29 is 17.6 Å². The van der Waals surface area contributed by atoms with Gasteiger partial charge in [0, 0.05) is 13.2 Å². The molecule has 0 saturated carbocycles. The largest absolute Gasteiger partial charge is 0.434 e. The Morgan fingerprint density at radius 2 is 1.95 bits per heavy atom. The van der Waals surface area contributed by atoms with Gasteiger partial charge in [-0.2, -0.15) is 13.2 Å². The molecule has 19 heavy (non-hydrogen) atoms. The molecular weight excluding hydrogens is 260 g/mol. The Morgan fingerprint density at radius 1 is 1.26 bits per heavy atom. The molecule has 1 aromatic carbocycles. The zero-order chi connectivity index (χ0) is 14.2. The number of imidazole rings is 1. The lowest BCUT2D eigenvalue weighted by molar-refractivity contribution is -0.140. The van der Waals surface area contributed by atoms with E-state index in [4.69, 9.17) is 0 Å². The molecule has 0 amide bonds. The number of aromatic nitrogens is 2. The number of alkyl halides is 3. The van der Waals surface area contributed by atoms with Crippen molar-refractivity contribution in [3.05, 3.63) is 41.5 Å². The smallest absolute Gasteiger partial charge is 0.333 e. The maximum atomic E-state index is 13.9. The topological polar surface area (TPSA) is 17.8 Å². The Morgan fingerprint density at radius 3 is 2.42 bits per heavy atom. The third-order valence-corrected chi connectivity index (χ3v) is 2.85. The summed E-state index contributed by atoms with van der Waals surface area (Å²) in [6.45, 7) is 1.87. The highest BCUT2D eigenvalue weighted by atomic mass is 19.4. The molecule has 1 heterocycles. The van der Waals surface area contributed by atoms with Crippen LogP contribution in [0.25, 0.3) is 11.4 Å². The highest BCUT2D eigenvalue weighted by Crippen LogP contribution is 2.31. The second-order valence-electron chi connectivity index (χ2n) is 4.23. The number of hydrogen-bond donors (Lipinski definition) is 0. The van der Waals surface area contributed by atoms with Gasteiger partial charge in [-0.25, -0.2) is 9.37 Å². The van der Waals surface area contributed by atoms with Gasteiger partial charge >= 0.3 is 6.18 Å². The number of rotatable bonds is 2. The quantitative estimate of drug-likeness (QED) is 0.760. The van der Waals surface area contributed by atoms with Gasteiger partial charge in [-0.1, -0.05) is 13.0 Å². The van der Waals surface area contributed by atoms with E-state index >= 15 is 0 Å². The third-order valence-electron chi connectivity index (χ3n) is 2.85. The standard InChI is InChI=1S/C13H12F4N2/c1-3-8-4-5-9(10(14)6-8)12-18-11(7-19(12)2)13(15,16)17/h4-7H,3H2,1-2H3. The van der Waals surface area contributed by atoms with Gasteiger partial charge in [-0.15, -0.1) is 0 Å². The van der Waals surface area contributed by atoms with Crippen molar-refractivity contribution in [1.82, 2.24) is 9.55 Å². The van der Waals surface area contributed by atoms with Crippen LogP contribution in [0.3, 0.4) is 0 Å². The van der Waals surface area contributed by atoms with Crippen LogP contribution in [0.5, 0.6) is 0 Å². The Labute approximate surface area is 107 Å². The number of hydrogen-bond acceptors (Lipinski definition) is 1. The summed E-state index contributed by atoms with van der Waals surface area (Å²) in [6.07, 6.45) is -3.02. The molecule has 2 aromatic rings. The predicted molar refractivity (Wildman–Crippen MR) is 63.0 cm³/mol. The molecule has 0 spiro atoms. The van der Waals surface area contributed by atoms with Gasteiger partial charge in [0.2, 0.25) is 0 Å². The van der Waals surface area contributed by atoms with Crippen molar-refractivity contribution >= 4 is 0 Å². The Hall–Kier alpha value is -1.85. The third kappa shape index (κ3) is 2.62. The molecule has 0 aliphatic carbocycles. The summed E-state index contributed by atoms with van der Waals surface area (Å²) in [4.78, 5) is 3.47. The van der Waals surface area contributed by atoms with E-state index in [1.165, 1.54) is 23.7 Å².